The second-order valence-electron chi connectivity index (χ2n) is 6.35. The number of amides is 1. The first-order valence-electron chi connectivity index (χ1n) is 8.44. The van der Waals surface area contributed by atoms with Crippen molar-refractivity contribution in [3.63, 3.8) is 0 Å². The van der Waals surface area contributed by atoms with Crippen molar-refractivity contribution in [1.82, 2.24) is 9.62 Å². The monoisotopic (exact) mass is 389 g/mol. The van der Waals surface area contributed by atoms with Gasteiger partial charge in [0.25, 0.3) is 0 Å². The first-order valence-corrected chi connectivity index (χ1v) is 10.0. The molecule has 2 rings (SSSR count). The number of nitrogens with two attached hydrogens (primary N) is 1. The molecule has 0 aromatic heterocycles. The molecule has 1 heterocycles. The van der Waals surface area contributed by atoms with Crippen molar-refractivity contribution < 1.29 is 13.2 Å². The number of aryl methyl sites for hydroxylation is 1. The number of sulfonamides is 1. The van der Waals surface area contributed by atoms with E-state index >= 15 is 0 Å². The number of rotatable bonds is 7. The van der Waals surface area contributed by atoms with Gasteiger partial charge in [0.2, 0.25) is 15.9 Å². The van der Waals surface area contributed by atoms with Crippen molar-refractivity contribution >= 4 is 28.3 Å². The third-order valence-corrected chi connectivity index (χ3v) is 6.16. The lowest BCUT2D eigenvalue weighted by atomic mass is 10.1. The van der Waals surface area contributed by atoms with Gasteiger partial charge in [-0.1, -0.05) is 36.2 Å². The molecule has 8 heteroatoms. The second kappa shape index (κ2) is 10.1. The number of piperidine rings is 1. The topological polar surface area (TPSA) is 92.5 Å². The third kappa shape index (κ3) is 6.58. The standard InChI is InChI=1S/C17H27N3O3S.ClH/c1-14-5-4-6-15(11-14)13-24(22,23)20-10-3-2-7-16(20)12-19-17(21)8-9-18;/h4-6,11,16H,2-3,7-10,12-13,18H2,1H3,(H,19,21);1H. The van der Waals surface area contributed by atoms with Gasteiger partial charge in [-0.3, -0.25) is 4.79 Å². The number of benzene rings is 1. The Balaban J connectivity index is 0.00000312. The van der Waals surface area contributed by atoms with E-state index in [1.807, 2.05) is 31.2 Å². The predicted octanol–water partition coefficient (Wildman–Crippen LogP) is 1.57. The summed E-state index contributed by atoms with van der Waals surface area (Å²) >= 11 is 0. The van der Waals surface area contributed by atoms with Gasteiger partial charge in [-0.05, 0) is 25.3 Å². The number of nitrogens with one attached hydrogen (secondary N) is 1. The highest BCUT2D eigenvalue weighted by molar-refractivity contribution is 7.88. The molecule has 3 N–H and O–H groups in total. The molecule has 25 heavy (non-hydrogen) atoms. The Morgan fingerprint density at radius 2 is 2.12 bits per heavy atom. The Bertz CT molecular complexity index is 667. The van der Waals surface area contributed by atoms with Crippen LogP contribution in [-0.4, -0.2) is 44.3 Å². The van der Waals surface area contributed by atoms with E-state index in [4.69, 9.17) is 5.73 Å². The van der Waals surface area contributed by atoms with Crippen LogP contribution >= 0.6 is 12.4 Å². The maximum absolute atomic E-state index is 12.8. The molecule has 0 bridgehead atoms. The molecule has 1 aliphatic heterocycles. The molecule has 0 saturated carbocycles. The number of nitrogens with zero attached hydrogens (tertiary/aromatic N) is 1. The molecule has 1 fully saturated rings. The summed E-state index contributed by atoms with van der Waals surface area (Å²) in [6, 6.07) is 7.40. The fourth-order valence-corrected chi connectivity index (χ4v) is 4.90. The molecule has 6 nitrogen and oxygen atoms in total. The van der Waals surface area contributed by atoms with Crippen LogP contribution in [0, 0.1) is 6.92 Å². The minimum absolute atomic E-state index is 0. The van der Waals surface area contributed by atoms with E-state index in [1.165, 1.54) is 0 Å². The number of carbonyl (C=O) groups excluding carboxylic acids is 1. The van der Waals surface area contributed by atoms with Gasteiger partial charge in [0.1, 0.15) is 0 Å². The summed E-state index contributed by atoms with van der Waals surface area (Å²) in [5.74, 6) is -0.124. The zero-order chi connectivity index (χ0) is 17.6. The van der Waals surface area contributed by atoms with E-state index in [9.17, 15) is 13.2 Å². The SMILES string of the molecule is Cc1cccc(CS(=O)(=O)N2CCCCC2CNC(=O)CCN)c1.Cl. The van der Waals surface area contributed by atoms with Gasteiger partial charge >= 0.3 is 0 Å². The largest absolute Gasteiger partial charge is 0.354 e. The van der Waals surface area contributed by atoms with E-state index in [0.29, 0.717) is 19.6 Å². The van der Waals surface area contributed by atoms with Gasteiger partial charge in [-0.15, -0.1) is 12.4 Å². The Hall–Kier alpha value is -1.15. The van der Waals surface area contributed by atoms with Crippen LogP contribution in [0.15, 0.2) is 24.3 Å². The fraction of sp³-hybridized carbons (Fsp3) is 0.588. The summed E-state index contributed by atoms with van der Waals surface area (Å²) in [4.78, 5) is 11.6. The quantitative estimate of drug-likeness (QED) is 0.740. The average Bonchev–Trinajstić information content (AvgIpc) is 2.53. The third-order valence-electron chi connectivity index (χ3n) is 4.27. The summed E-state index contributed by atoms with van der Waals surface area (Å²) in [5.41, 5.74) is 7.21. The molecule has 1 saturated heterocycles. The smallest absolute Gasteiger partial charge is 0.221 e. The van der Waals surface area contributed by atoms with E-state index in [2.05, 4.69) is 5.32 Å². The Morgan fingerprint density at radius 3 is 2.80 bits per heavy atom. The van der Waals surface area contributed by atoms with Gasteiger partial charge < -0.3 is 11.1 Å². The van der Waals surface area contributed by atoms with Crippen LogP contribution in [0.4, 0.5) is 0 Å². The number of hydrogen-bond acceptors (Lipinski definition) is 4. The highest BCUT2D eigenvalue weighted by Gasteiger charge is 2.32. The van der Waals surface area contributed by atoms with Gasteiger partial charge in [0, 0.05) is 32.1 Å². The van der Waals surface area contributed by atoms with E-state index < -0.39 is 10.0 Å². The van der Waals surface area contributed by atoms with Gasteiger partial charge in [-0.25, -0.2) is 8.42 Å². The molecule has 1 aromatic carbocycles. The molecule has 1 unspecified atom stereocenters. The maximum atomic E-state index is 12.8. The number of carbonyl (C=O) groups is 1. The normalized spacial score (nSPS) is 18.4. The van der Waals surface area contributed by atoms with Crippen LogP contribution in [0.1, 0.15) is 36.8 Å². The first-order chi connectivity index (χ1) is 11.4. The van der Waals surface area contributed by atoms with Crippen LogP contribution in [0.25, 0.3) is 0 Å². The van der Waals surface area contributed by atoms with Crippen LogP contribution in [0.3, 0.4) is 0 Å². The molecule has 1 aromatic rings. The van der Waals surface area contributed by atoms with Crippen LogP contribution in [0.5, 0.6) is 0 Å². The highest BCUT2D eigenvalue weighted by Crippen LogP contribution is 2.23. The molecule has 0 radical (unpaired) electrons. The average molecular weight is 390 g/mol. The summed E-state index contributed by atoms with van der Waals surface area (Å²) in [6.45, 7) is 3.12. The Kier molecular flexibility index (Phi) is 8.85. The molecule has 0 spiro atoms. The fourth-order valence-electron chi connectivity index (χ4n) is 3.09. The predicted molar refractivity (Wildman–Crippen MR) is 102 cm³/mol. The van der Waals surface area contributed by atoms with Gasteiger partial charge in [0.05, 0.1) is 5.75 Å². The van der Waals surface area contributed by atoms with Crippen LogP contribution in [-0.2, 0) is 20.6 Å². The zero-order valence-corrected chi connectivity index (χ0v) is 16.2. The number of hydrogen-bond donors (Lipinski definition) is 2. The zero-order valence-electron chi connectivity index (χ0n) is 14.6. The lowest BCUT2D eigenvalue weighted by Gasteiger charge is -2.34. The lowest BCUT2D eigenvalue weighted by Crippen LogP contribution is -2.49. The first kappa shape index (κ1) is 21.9. The van der Waals surface area contributed by atoms with Gasteiger partial charge in [-0.2, -0.15) is 4.31 Å². The molecule has 1 amide bonds. The van der Waals surface area contributed by atoms with Crippen molar-refractivity contribution in [2.24, 2.45) is 5.73 Å². The highest BCUT2D eigenvalue weighted by atomic mass is 35.5. The lowest BCUT2D eigenvalue weighted by molar-refractivity contribution is -0.121. The van der Waals surface area contributed by atoms with E-state index in [-0.39, 0.29) is 36.5 Å². The molecule has 142 valence electrons. The molecule has 0 aliphatic carbocycles. The molecular weight excluding hydrogens is 362 g/mol. The van der Waals surface area contributed by atoms with Crippen molar-refractivity contribution in [3.8, 4) is 0 Å². The Morgan fingerprint density at radius 1 is 1.36 bits per heavy atom. The summed E-state index contributed by atoms with van der Waals surface area (Å²) in [5, 5.41) is 2.80. The molecule has 1 aliphatic rings. The number of halogens is 1. The summed E-state index contributed by atoms with van der Waals surface area (Å²) in [6.07, 6.45) is 2.88. The summed E-state index contributed by atoms with van der Waals surface area (Å²) in [7, 11) is -3.41. The van der Waals surface area contributed by atoms with Crippen molar-refractivity contribution in [1.29, 1.82) is 0 Å². The summed E-state index contributed by atoms with van der Waals surface area (Å²) < 4.78 is 27.3. The van der Waals surface area contributed by atoms with Crippen molar-refractivity contribution in [3.05, 3.63) is 35.4 Å². The van der Waals surface area contributed by atoms with Crippen molar-refractivity contribution in [2.45, 2.75) is 44.4 Å². The van der Waals surface area contributed by atoms with Crippen LogP contribution in [0.2, 0.25) is 0 Å². The van der Waals surface area contributed by atoms with Gasteiger partial charge in [0.15, 0.2) is 0 Å². The van der Waals surface area contributed by atoms with Crippen LogP contribution < -0.4 is 11.1 Å². The maximum Gasteiger partial charge on any atom is 0.221 e. The van der Waals surface area contributed by atoms with Crippen molar-refractivity contribution in [2.75, 3.05) is 19.6 Å². The van der Waals surface area contributed by atoms with E-state index in [0.717, 1.165) is 30.4 Å². The molecule has 1 atom stereocenters. The molecular formula is C17H28ClN3O3S. The minimum atomic E-state index is -3.41. The Labute approximate surface area is 156 Å². The minimum Gasteiger partial charge on any atom is -0.354 e. The van der Waals surface area contributed by atoms with E-state index in [1.54, 1.807) is 4.31 Å². The second-order valence-corrected chi connectivity index (χ2v) is 8.27.